The van der Waals surface area contributed by atoms with Crippen LogP contribution in [0.1, 0.15) is 40.0 Å². The van der Waals surface area contributed by atoms with E-state index in [0.29, 0.717) is 19.3 Å². The molecule has 1 unspecified atom stereocenters. The Morgan fingerprint density at radius 1 is 1.25 bits per heavy atom. The Morgan fingerprint density at radius 2 is 1.85 bits per heavy atom. The summed E-state index contributed by atoms with van der Waals surface area (Å²) in [5.41, 5.74) is -0.483. The highest BCUT2D eigenvalue weighted by atomic mass is 19.3. The predicted molar refractivity (Wildman–Crippen MR) is 69.4 cm³/mol. The largest absolute Gasteiger partial charge is 0.394 e. The van der Waals surface area contributed by atoms with Crippen LogP contribution in [0.2, 0.25) is 0 Å². The molecule has 0 bridgehead atoms. The fourth-order valence-electron chi connectivity index (χ4n) is 1.98. The van der Waals surface area contributed by atoms with Crippen LogP contribution in [-0.4, -0.2) is 48.9 Å². The number of aliphatic hydroxyl groups is 1. The molecule has 122 valence electrons. The van der Waals surface area contributed by atoms with Crippen LogP contribution in [0.4, 0.5) is 17.6 Å². The van der Waals surface area contributed by atoms with E-state index >= 15 is 0 Å². The van der Waals surface area contributed by atoms with Gasteiger partial charge in [0.1, 0.15) is 6.61 Å². The summed E-state index contributed by atoms with van der Waals surface area (Å²) in [6.45, 7) is 4.41. The minimum absolute atomic E-state index is 0.0379. The average Bonchev–Trinajstić information content (AvgIpc) is 2.36. The lowest BCUT2D eigenvalue weighted by Crippen LogP contribution is -2.51. The van der Waals surface area contributed by atoms with Crippen LogP contribution in [0, 0.1) is 0 Å². The van der Waals surface area contributed by atoms with Crippen molar-refractivity contribution in [1.29, 1.82) is 0 Å². The quantitative estimate of drug-likeness (QED) is 0.455. The number of nitrogens with one attached hydrogen (secondary N) is 1. The summed E-state index contributed by atoms with van der Waals surface area (Å²) in [7, 11) is 0. The summed E-state index contributed by atoms with van der Waals surface area (Å²) in [5, 5.41) is 12.7. The molecule has 0 heterocycles. The molecule has 0 aliphatic rings. The maximum absolute atomic E-state index is 12.6. The molecule has 0 amide bonds. The number of halogens is 4. The van der Waals surface area contributed by atoms with Crippen molar-refractivity contribution in [3.63, 3.8) is 0 Å². The van der Waals surface area contributed by atoms with Crippen LogP contribution in [0.3, 0.4) is 0 Å². The second kappa shape index (κ2) is 8.79. The predicted octanol–water partition coefficient (Wildman–Crippen LogP) is 2.82. The lowest BCUT2D eigenvalue weighted by molar-refractivity contribution is -0.166. The molecule has 3 nitrogen and oxygen atoms in total. The van der Waals surface area contributed by atoms with Crippen LogP contribution in [0.15, 0.2) is 0 Å². The first-order chi connectivity index (χ1) is 9.19. The Bertz CT molecular complexity index is 259. The highest BCUT2D eigenvalue weighted by molar-refractivity contribution is 4.87. The van der Waals surface area contributed by atoms with Gasteiger partial charge in [0, 0.05) is 18.2 Å². The van der Waals surface area contributed by atoms with Crippen LogP contribution >= 0.6 is 0 Å². The smallest absolute Gasteiger partial charge is 0.330 e. The minimum atomic E-state index is -4.10. The third-order valence-corrected chi connectivity index (χ3v) is 3.13. The van der Waals surface area contributed by atoms with Gasteiger partial charge in [-0.05, 0) is 19.3 Å². The molecular weight excluding hydrogens is 278 g/mol. The molecule has 20 heavy (non-hydrogen) atoms. The van der Waals surface area contributed by atoms with E-state index in [1.807, 2.05) is 20.8 Å². The Balaban J connectivity index is 4.08. The van der Waals surface area contributed by atoms with Gasteiger partial charge < -0.3 is 15.2 Å². The van der Waals surface area contributed by atoms with Crippen molar-refractivity contribution >= 4 is 0 Å². The van der Waals surface area contributed by atoms with Crippen molar-refractivity contribution in [3.8, 4) is 0 Å². The van der Waals surface area contributed by atoms with Crippen molar-refractivity contribution in [2.75, 3.05) is 19.8 Å². The summed E-state index contributed by atoms with van der Waals surface area (Å²) >= 11 is 0. The molecule has 0 spiro atoms. The molecule has 0 fully saturated rings. The van der Waals surface area contributed by atoms with Gasteiger partial charge in [-0.2, -0.15) is 8.78 Å². The van der Waals surface area contributed by atoms with Gasteiger partial charge in [-0.15, -0.1) is 0 Å². The molecule has 0 saturated heterocycles. The molecular formula is C13H25F4NO2. The van der Waals surface area contributed by atoms with E-state index in [1.165, 1.54) is 0 Å². The summed E-state index contributed by atoms with van der Waals surface area (Å²) in [6, 6.07) is 0.172. The van der Waals surface area contributed by atoms with Crippen LogP contribution in [-0.2, 0) is 4.74 Å². The summed E-state index contributed by atoms with van der Waals surface area (Å²) < 4.78 is 53.6. The van der Waals surface area contributed by atoms with Gasteiger partial charge in [-0.3, -0.25) is 0 Å². The van der Waals surface area contributed by atoms with E-state index in [-0.39, 0.29) is 19.3 Å². The second-order valence-corrected chi connectivity index (χ2v) is 5.31. The molecule has 0 aliphatic carbocycles. The standard InChI is InChI=1S/C13H25F4NO2/c1-4-12(8-19,18-10(2)3)6-5-7-20-9-13(16,17)11(14)15/h10-11,18-19H,4-9H2,1-3H3. The van der Waals surface area contributed by atoms with Gasteiger partial charge in [-0.1, -0.05) is 20.8 Å². The van der Waals surface area contributed by atoms with Crippen molar-refractivity contribution < 1.29 is 27.4 Å². The monoisotopic (exact) mass is 303 g/mol. The van der Waals surface area contributed by atoms with Crippen LogP contribution < -0.4 is 5.32 Å². The first-order valence-corrected chi connectivity index (χ1v) is 6.81. The van der Waals surface area contributed by atoms with Gasteiger partial charge >= 0.3 is 12.3 Å². The Morgan fingerprint density at radius 3 is 2.25 bits per heavy atom. The van der Waals surface area contributed by atoms with Gasteiger partial charge in [0.2, 0.25) is 0 Å². The SMILES string of the molecule is CCC(CO)(CCCOCC(F)(F)C(F)F)NC(C)C. The van der Waals surface area contributed by atoms with Gasteiger partial charge in [-0.25, -0.2) is 8.78 Å². The lowest BCUT2D eigenvalue weighted by atomic mass is 9.90. The van der Waals surface area contributed by atoms with E-state index < -0.39 is 24.5 Å². The Hall–Kier alpha value is -0.400. The van der Waals surface area contributed by atoms with Crippen molar-refractivity contribution in [3.05, 3.63) is 0 Å². The zero-order chi connectivity index (χ0) is 15.8. The maximum atomic E-state index is 12.6. The van der Waals surface area contributed by atoms with E-state index in [1.54, 1.807) is 0 Å². The van der Waals surface area contributed by atoms with E-state index in [0.717, 1.165) is 0 Å². The zero-order valence-corrected chi connectivity index (χ0v) is 12.3. The molecule has 0 saturated carbocycles. The van der Waals surface area contributed by atoms with Crippen molar-refractivity contribution in [1.82, 2.24) is 5.32 Å². The number of hydrogen-bond acceptors (Lipinski definition) is 3. The topological polar surface area (TPSA) is 41.5 Å². The molecule has 0 aliphatic heterocycles. The summed E-state index contributed by atoms with van der Waals surface area (Å²) in [6.07, 6.45) is -2.10. The van der Waals surface area contributed by atoms with Crippen molar-refractivity contribution in [2.24, 2.45) is 0 Å². The van der Waals surface area contributed by atoms with Gasteiger partial charge in [0.25, 0.3) is 0 Å². The van der Waals surface area contributed by atoms with Gasteiger partial charge in [0.15, 0.2) is 0 Å². The molecule has 1 atom stereocenters. The van der Waals surface area contributed by atoms with E-state index in [4.69, 9.17) is 0 Å². The van der Waals surface area contributed by atoms with Crippen LogP contribution in [0.25, 0.3) is 0 Å². The first kappa shape index (κ1) is 19.6. The average molecular weight is 303 g/mol. The molecule has 7 heteroatoms. The third kappa shape index (κ3) is 6.85. The van der Waals surface area contributed by atoms with E-state index in [2.05, 4.69) is 10.1 Å². The van der Waals surface area contributed by atoms with E-state index in [9.17, 15) is 22.7 Å². The second-order valence-electron chi connectivity index (χ2n) is 5.31. The summed E-state index contributed by atoms with van der Waals surface area (Å²) in [4.78, 5) is 0. The third-order valence-electron chi connectivity index (χ3n) is 3.13. The number of alkyl halides is 4. The molecule has 0 aromatic heterocycles. The number of aliphatic hydroxyl groups excluding tert-OH is 1. The Labute approximate surface area is 117 Å². The molecule has 2 N–H and O–H groups in total. The number of hydrogen-bond donors (Lipinski definition) is 2. The number of rotatable bonds is 11. The fraction of sp³-hybridized carbons (Fsp3) is 1.00. The van der Waals surface area contributed by atoms with Gasteiger partial charge in [0.05, 0.1) is 6.61 Å². The number of ether oxygens (including phenoxy) is 1. The van der Waals surface area contributed by atoms with Crippen molar-refractivity contribution in [2.45, 2.75) is 64.0 Å². The highest BCUT2D eigenvalue weighted by Gasteiger charge is 2.40. The first-order valence-electron chi connectivity index (χ1n) is 6.81. The molecule has 0 aromatic carbocycles. The molecule has 0 radical (unpaired) electrons. The Kier molecular flexibility index (Phi) is 8.62. The lowest BCUT2D eigenvalue weighted by Gasteiger charge is -2.34. The maximum Gasteiger partial charge on any atom is 0.330 e. The normalized spacial score (nSPS) is 15.9. The highest BCUT2D eigenvalue weighted by Crippen LogP contribution is 2.23. The van der Waals surface area contributed by atoms with Crippen LogP contribution in [0.5, 0.6) is 0 Å². The zero-order valence-electron chi connectivity index (χ0n) is 12.3. The summed E-state index contributed by atoms with van der Waals surface area (Å²) in [5.74, 6) is -4.10. The molecule has 0 rings (SSSR count). The molecule has 0 aromatic rings. The fourth-order valence-corrected chi connectivity index (χ4v) is 1.98. The minimum Gasteiger partial charge on any atom is -0.394 e.